The van der Waals surface area contributed by atoms with Gasteiger partial charge in [0.2, 0.25) is 10.9 Å². The molecule has 348 valence electrons. The molecule has 0 radical (unpaired) electrons. The van der Waals surface area contributed by atoms with Gasteiger partial charge < -0.3 is 25.6 Å². The second-order valence-electron chi connectivity index (χ2n) is 16.3. The Kier molecular flexibility index (Phi) is 19.4. The molecule has 4 N–H and O–H groups in total. The van der Waals surface area contributed by atoms with E-state index in [0.717, 1.165) is 56.1 Å². The lowest BCUT2D eigenvalue weighted by Crippen LogP contribution is -2.47. The second kappa shape index (κ2) is 24.9. The first kappa shape index (κ1) is 53.1. The average molecular weight is 947 g/mol. The summed E-state index contributed by atoms with van der Waals surface area (Å²) in [5.74, 6) is 4.91. The predicted octanol–water partition coefficient (Wildman–Crippen LogP) is 9.25. The van der Waals surface area contributed by atoms with Crippen LogP contribution in [-0.4, -0.2) is 65.3 Å². The number of nitrogens with one attached hydrogen (secondary N) is 1. The van der Waals surface area contributed by atoms with E-state index in [1.165, 1.54) is 17.3 Å². The average Bonchev–Trinajstić information content (AvgIpc) is 3.32. The van der Waals surface area contributed by atoms with Crippen molar-refractivity contribution in [3.05, 3.63) is 161 Å². The van der Waals surface area contributed by atoms with Gasteiger partial charge in [-0.1, -0.05) is 11.8 Å². The summed E-state index contributed by atoms with van der Waals surface area (Å²) >= 11 is 2.44. The van der Waals surface area contributed by atoms with Gasteiger partial charge in [-0.3, -0.25) is 24.7 Å². The fraction of sp³-hybridized carbons (Fsp3) is 0.245. The van der Waals surface area contributed by atoms with Crippen LogP contribution in [0.25, 0.3) is 21.8 Å². The van der Waals surface area contributed by atoms with Crippen LogP contribution in [0, 0.1) is 56.8 Å². The van der Waals surface area contributed by atoms with E-state index < -0.39 is 22.4 Å². The Labute approximate surface area is 406 Å². The van der Waals surface area contributed by atoms with Crippen LogP contribution in [0.4, 0.5) is 0 Å². The van der Waals surface area contributed by atoms with E-state index in [9.17, 15) is 9.59 Å². The third-order valence-corrected chi connectivity index (χ3v) is 11.0. The number of rotatable bonds is 11. The number of hydrogen-bond acceptors (Lipinski definition) is 13. The molecule has 68 heavy (non-hydrogen) atoms. The highest BCUT2D eigenvalue weighted by atomic mass is 32.2. The molecule has 13 nitrogen and oxygen atoms in total. The topological polar surface area (TPSA) is 199 Å². The largest absolute Gasteiger partial charge is 0.478 e. The Morgan fingerprint density at radius 3 is 1.53 bits per heavy atom. The van der Waals surface area contributed by atoms with Crippen LogP contribution in [0.5, 0.6) is 11.5 Å². The van der Waals surface area contributed by atoms with Gasteiger partial charge in [-0.25, -0.2) is 9.78 Å². The monoisotopic (exact) mass is 946 g/mol. The Balaban J connectivity index is 0.000000220. The van der Waals surface area contributed by atoms with E-state index in [4.69, 9.17) is 38.4 Å². The summed E-state index contributed by atoms with van der Waals surface area (Å²) in [6.45, 7) is 13.7. The van der Waals surface area contributed by atoms with Crippen LogP contribution in [0.15, 0.2) is 116 Å². The molecular weight excluding hydrogens is 893 g/mol. The van der Waals surface area contributed by atoms with Crippen molar-refractivity contribution >= 4 is 57.2 Å². The molecule has 1 amide bonds. The number of aromatic nitrogens is 5. The summed E-state index contributed by atoms with van der Waals surface area (Å²) in [4.78, 5) is 44.7. The molecule has 0 aliphatic rings. The van der Waals surface area contributed by atoms with Crippen LogP contribution >= 0.6 is 23.5 Å². The minimum atomic E-state index is -1.01. The van der Waals surface area contributed by atoms with E-state index in [-0.39, 0.29) is 11.4 Å². The van der Waals surface area contributed by atoms with Gasteiger partial charge in [0.05, 0.1) is 33.5 Å². The molecule has 7 rings (SSSR count). The van der Waals surface area contributed by atoms with Gasteiger partial charge in [0.15, 0.2) is 0 Å². The normalized spacial score (nSPS) is 11.5. The number of nitriles is 1. The van der Waals surface area contributed by atoms with E-state index in [1.54, 1.807) is 67.6 Å². The quantitative estimate of drug-likeness (QED) is 0.0819. The molecule has 15 heteroatoms. The lowest BCUT2D eigenvalue weighted by Gasteiger charge is -2.28. The number of carboxylic acid groups (broad SMARTS) is 1. The number of nitrogens with two attached hydrogens (primary N) is 1. The van der Waals surface area contributed by atoms with E-state index in [0.29, 0.717) is 28.3 Å². The van der Waals surface area contributed by atoms with Crippen LogP contribution in [0.3, 0.4) is 0 Å². The highest BCUT2D eigenvalue weighted by Crippen LogP contribution is 2.26. The number of fused-ring (bicyclic) bond motifs is 2. The minimum absolute atomic E-state index is 0.221. The zero-order valence-electron chi connectivity index (χ0n) is 39.4. The molecule has 0 saturated heterocycles. The van der Waals surface area contributed by atoms with Gasteiger partial charge in [0, 0.05) is 52.9 Å². The number of carbonyl (C=O) groups is 2. The second-order valence-corrected chi connectivity index (χ2v) is 18.1. The number of aryl methyl sites for hydroxylation is 3. The number of nitrogens with zero attached hydrogens (tertiary/aromatic N) is 6. The van der Waals surface area contributed by atoms with Gasteiger partial charge in [0.25, 0.3) is 5.91 Å². The standard InChI is InChI=1S/C23H23N3O2S.C14H11NO3S.C9H14N2.C7H6N2/c1-6-16-12-17-13-18(7-8-19(17)25-14-16)28-22(29-5)21(27)26-23(3,4)20-11-15(2)9-10-24-20;1-3-9-6-10-7-11(4-5-12(10)15-8-9)18-14(19-2)13(16)17;1-7-4-5-11-8(6-7)9(2,3)10;1-6-2-3-9-7(4-6)5-8/h1,7-14,22H,2-5H3,(H,26,27);1,4-8,14H,2H3,(H,16,17);4-6H,10H2,1-3H3;2-4H,1H3. The number of carbonyl (C=O) groups excluding carboxylic acids is 1. The molecule has 2 unspecified atom stereocenters. The zero-order valence-corrected chi connectivity index (χ0v) is 41.1. The molecule has 0 saturated carbocycles. The lowest BCUT2D eigenvalue weighted by molar-refractivity contribution is -0.140. The Morgan fingerprint density at radius 1 is 0.676 bits per heavy atom. The smallest absolute Gasteiger partial charge is 0.355 e. The number of aliphatic carboxylic acids is 1. The third kappa shape index (κ3) is 16.1. The van der Waals surface area contributed by atoms with Gasteiger partial charge in [-0.15, -0.1) is 36.4 Å². The third-order valence-electron chi connectivity index (χ3n) is 9.57. The first-order chi connectivity index (χ1) is 32.3. The van der Waals surface area contributed by atoms with Crippen LogP contribution < -0.4 is 20.5 Å². The highest BCUT2D eigenvalue weighted by Gasteiger charge is 2.29. The van der Waals surface area contributed by atoms with E-state index >= 15 is 0 Å². The van der Waals surface area contributed by atoms with Crippen molar-refractivity contribution in [3.63, 3.8) is 0 Å². The minimum Gasteiger partial charge on any atom is -0.478 e. The first-order valence-corrected chi connectivity index (χ1v) is 23.5. The molecule has 0 aliphatic carbocycles. The van der Waals surface area contributed by atoms with Gasteiger partial charge in [0.1, 0.15) is 23.3 Å². The van der Waals surface area contributed by atoms with Crippen molar-refractivity contribution in [2.45, 2.75) is 70.4 Å². The highest BCUT2D eigenvalue weighted by molar-refractivity contribution is 8.00. The predicted molar refractivity (Wildman–Crippen MR) is 273 cm³/mol. The molecule has 5 aromatic heterocycles. The maximum absolute atomic E-state index is 12.9. The number of hydrogen-bond donors (Lipinski definition) is 3. The van der Waals surface area contributed by atoms with Crippen molar-refractivity contribution < 1.29 is 24.2 Å². The van der Waals surface area contributed by atoms with Crippen molar-refractivity contribution in [2.24, 2.45) is 5.73 Å². The van der Waals surface area contributed by atoms with Crippen molar-refractivity contribution in [1.82, 2.24) is 30.2 Å². The van der Waals surface area contributed by atoms with Crippen LogP contribution in [-0.2, 0) is 20.7 Å². The number of benzene rings is 2. The molecule has 0 bridgehead atoms. The number of thioether (sulfide) groups is 2. The number of amides is 1. The number of carboxylic acids is 1. The molecule has 0 aliphatic heterocycles. The summed E-state index contributed by atoms with van der Waals surface area (Å²) in [6, 6.07) is 27.8. The fourth-order valence-corrected chi connectivity index (χ4v) is 6.86. The maximum Gasteiger partial charge on any atom is 0.355 e. The summed E-state index contributed by atoms with van der Waals surface area (Å²) in [5.41, 5.74) is 11.8. The summed E-state index contributed by atoms with van der Waals surface area (Å²) in [5, 5.41) is 22.0. The van der Waals surface area contributed by atoms with Crippen LogP contribution in [0.2, 0.25) is 0 Å². The zero-order chi connectivity index (χ0) is 50.0. The van der Waals surface area contributed by atoms with Gasteiger partial charge in [-0.2, -0.15) is 5.26 Å². The number of pyridine rings is 5. The molecule has 7 aromatic rings. The van der Waals surface area contributed by atoms with E-state index in [1.807, 2.05) is 115 Å². The molecule has 2 atom stereocenters. The SMILES string of the molecule is C#Cc1cnc2ccc(OC(SC)C(=O)NC(C)(C)c3cc(C)ccn3)cc2c1.C#Cc1cnc2ccc(OC(SC)C(=O)O)cc2c1.Cc1ccnc(C#N)c1.Cc1ccnc(C(C)(C)N)c1. The molecular formula is C53H54N8O5S2. The van der Waals surface area contributed by atoms with Crippen LogP contribution in [0.1, 0.15) is 72.6 Å². The van der Waals surface area contributed by atoms with Crippen molar-refractivity contribution in [2.75, 3.05) is 12.5 Å². The molecule has 5 heterocycles. The Morgan fingerprint density at radius 2 is 1.13 bits per heavy atom. The summed E-state index contributed by atoms with van der Waals surface area (Å²) in [7, 11) is 0. The lowest BCUT2D eigenvalue weighted by atomic mass is 9.98. The molecule has 0 fully saturated rings. The molecule has 2 aromatic carbocycles. The van der Waals surface area contributed by atoms with Gasteiger partial charge in [-0.05, 0) is 163 Å². The first-order valence-electron chi connectivity index (χ1n) is 20.9. The number of terminal acetylenes is 2. The van der Waals surface area contributed by atoms with Crippen molar-refractivity contribution in [3.8, 4) is 42.3 Å². The number of ether oxygens (including phenoxy) is 2. The Hall–Kier alpha value is -7.48. The van der Waals surface area contributed by atoms with E-state index in [2.05, 4.69) is 42.1 Å². The van der Waals surface area contributed by atoms with Crippen molar-refractivity contribution in [1.29, 1.82) is 5.26 Å². The fourth-order valence-electron chi connectivity index (χ4n) is 5.97. The van der Waals surface area contributed by atoms with Gasteiger partial charge >= 0.3 is 5.97 Å². The molecule has 0 spiro atoms. The summed E-state index contributed by atoms with van der Waals surface area (Å²) in [6.07, 6.45) is 22.7. The maximum atomic E-state index is 12.9. The summed E-state index contributed by atoms with van der Waals surface area (Å²) < 4.78 is 11.4. The Bertz CT molecular complexity index is 2990.